The van der Waals surface area contributed by atoms with E-state index in [0.717, 1.165) is 16.4 Å². The predicted molar refractivity (Wildman–Crippen MR) is 92.3 cm³/mol. The van der Waals surface area contributed by atoms with E-state index in [9.17, 15) is 0 Å². The Labute approximate surface area is 131 Å². The summed E-state index contributed by atoms with van der Waals surface area (Å²) in [6, 6.07) is 7.08. The van der Waals surface area contributed by atoms with Crippen molar-refractivity contribution < 1.29 is 0 Å². The number of rotatable bonds is 4. The van der Waals surface area contributed by atoms with Crippen molar-refractivity contribution >= 4 is 27.2 Å². The molecule has 1 unspecified atom stereocenters. The van der Waals surface area contributed by atoms with Crippen LogP contribution in [0.2, 0.25) is 0 Å². The summed E-state index contributed by atoms with van der Waals surface area (Å²) in [5.74, 6) is 0.784. The van der Waals surface area contributed by atoms with Crippen molar-refractivity contribution in [1.29, 1.82) is 0 Å². The van der Waals surface area contributed by atoms with Crippen LogP contribution in [0.3, 0.4) is 0 Å². The number of benzene rings is 1. The van der Waals surface area contributed by atoms with Crippen molar-refractivity contribution in [2.75, 3.05) is 25.0 Å². The zero-order valence-corrected chi connectivity index (χ0v) is 14.0. The highest BCUT2D eigenvalue weighted by Crippen LogP contribution is 2.27. The van der Waals surface area contributed by atoms with E-state index < -0.39 is 0 Å². The Kier molecular flexibility index (Phi) is 4.45. The third-order valence-corrected chi connectivity index (χ3v) is 5.61. The molecular formula is C17H25N3S. The minimum Gasteiger partial charge on any atom is -0.382 e. The summed E-state index contributed by atoms with van der Waals surface area (Å²) in [4.78, 5) is 7.08. The number of hydrogen-bond acceptors (Lipinski definition) is 4. The third-order valence-electron chi connectivity index (χ3n) is 4.68. The molecule has 114 valence electrons. The summed E-state index contributed by atoms with van der Waals surface area (Å²) < 4.78 is 1.28. The highest BCUT2D eigenvalue weighted by atomic mass is 32.1. The standard InChI is InChI=1S/C17H25N3S/c1-4-20-9-7-14(8-10-20)12(2)18-15-5-6-16-17(11-15)21-13(3)19-16/h5-6,11-12,14,18H,4,7-10H2,1-3H3. The molecule has 0 radical (unpaired) electrons. The average Bonchev–Trinajstić information content (AvgIpc) is 2.86. The molecule has 4 heteroatoms. The Morgan fingerprint density at radius 1 is 1.38 bits per heavy atom. The molecule has 1 fully saturated rings. The van der Waals surface area contributed by atoms with Gasteiger partial charge in [-0.15, -0.1) is 11.3 Å². The SMILES string of the molecule is CCN1CCC(C(C)Nc2ccc3nc(C)sc3c2)CC1. The molecule has 21 heavy (non-hydrogen) atoms. The van der Waals surface area contributed by atoms with Gasteiger partial charge in [0, 0.05) is 11.7 Å². The van der Waals surface area contributed by atoms with Gasteiger partial charge in [-0.1, -0.05) is 6.92 Å². The second-order valence-corrected chi connectivity index (χ2v) is 7.35. The van der Waals surface area contributed by atoms with E-state index in [4.69, 9.17) is 0 Å². The van der Waals surface area contributed by atoms with Crippen LogP contribution in [0.4, 0.5) is 5.69 Å². The number of thiazole rings is 1. The van der Waals surface area contributed by atoms with Gasteiger partial charge in [-0.2, -0.15) is 0 Å². The van der Waals surface area contributed by atoms with Gasteiger partial charge < -0.3 is 10.2 Å². The molecule has 0 saturated carbocycles. The van der Waals surface area contributed by atoms with Crippen molar-refractivity contribution in [3.8, 4) is 0 Å². The number of fused-ring (bicyclic) bond motifs is 1. The lowest BCUT2D eigenvalue weighted by Gasteiger charge is -2.34. The molecule has 1 aromatic heterocycles. The van der Waals surface area contributed by atoms with Crippen molar-refractivity contribution in [3.63, 3.8) is 0 Å². The first-order valence-electron chi connectivity index (χ1n) is 8.02. The van der Waals surface area contributed by atoms with Crippen LogP contribution in [-0.2, 0) is 0 Å². The minimum absolute atomic E-state index is 0.537. The fourth-order valence-electron chi connectivity index (χ4n) is 3.28. The molecule has 0 spiro atoms. The van der Waals surface area contributed by atoms with Gasteiger partial charge in [0.1, 0.15) is 0 Å². The van der Waals surface area contributed by atoms with E-state index in [2.05, 4.69) is 54.2 Å². The fourth-order valence-corrected chi connectivity index (χ4v) is 4.15. The molecule has 1 aromatic carbocycles. The summed E-state index contributed by atoms with van der Waals surface area (Å²) in [5, 5.41) is 4.85. The number of likely N-dealkylation sites (tertiary alicyclic amines) is 1. The monoisotopic (exact) mass is 303 g/mol. The average molecular weight is 303 g/mol. The van der Waals surface area contributed by atoms with E-state index in [1.807, 2.05) is 0 Å². The van der Waals surface area contributed by atoms with E-state index >= 15 is 0 Å². The topological polar surface area (TPSA) is 28.2 Å². The first-order valence-corrected chi connectivity index (χ1v) is 8.83. The molecule has 2 heterocycles. The van der Waals surface area contributed by atoms with Gasteiger partial charge in [0.05, 0.1) is 15.2 Å². The first-order chi connectivity index (χ1) is 10.2. The zero-order chi connectivity index (χ0) is 14.8. The van der Waals surface area contributed by atoms with Crippen LogP contribution in [0.1, 0.15) is 31.7 Å². The van der Waals surface area contributed by atoms with E-state index in [1.54, 1.807) is 11.3 Å². The largest absolute Gasteiger partial charge is 0.382 e. The number of nitrogens with one attached hydrogen (secondary N) is 1. The molecule has 0 amide bonds. The van der Waals surface area contributed by atoms with Crippen LogP contribution in [-0.4, -0.2) is 35.6 Å². The maximum absolute atomic E-state index is 4.53. The van der Waals surface area contributed by atoms with Crippen molar-refractivity contribution in [2.24, 2.45) is 5.92 Å². The molecule has 1 aliphatic heterocycles. The Balaban J connectivity index is 1.64. The Hall–Kier alpha value is -1.13. The number of piperidine rings is 1. The van der Waals surface area contributed by atoms with Gasteiger partial charge in [-0.3, -0.25) is 0 Å². The third kappa shape index (κ3) is 3.38. The molecule has 1 N–H and O–H groups in total. The van der Waals surface area contributed by atoms with Crippen molar-refractivity contribution in [1.82, 2.24) is 9.88 Å². The molecular weight excluding hydrogens is 278 g/mol. The summed E-state index contributed by atoms with van der Waals surface area (Å²) in [5.41, 5.74) is 2.35. The van der Waals surface area contributed by atoms with Crippen molar-refractivity contribution in [3.05, 3.63) is 23.2 Å². The molecule has 0 aliphatic carbocycles. The molecule has 3 rings (SSSR count). The van der Waals surface area contributed by atoms with Crippen LogP contribution in [0.15, 0.2) is 18.2 Å². The number of nitrogens with zero attached hydrogens (tertiary/aromatic N) is 2. The smallest absolute Gasteiger partial charge is 0.0907 e. The molecule has 0 bridgehead atoms. The van der Waals surface area contributed by atoms with Gasteiger partial charge in [-0.25, -0.2) is 4.98 Å². The number of aryl methyl sites for hydroxylation is 1. The summed E-state index contributed by atoms with van der Waals surface area (Å²) in [6.07, 6.45) is 2.62. The second kappa shape index (κ2) is 6.32. The number of hydrogen-bond donors (Lipinski definition) is 1. The van der Waals surface area contributed by atoms with E-state index in [1.165, 1.54) is 42.9 Å². The van der Waals surface area contributed by atoms with E-state index in [0.29, 0.717) is 6.04 Å². The highest BCUT2D eigenvalue weighted by molar-refractivity contribution is 7.18. The van der Waals surface area contributed by atoms with Gasteiger partial charge in [0.25, 0.3) is 0 Å². The van der Waals surface area contributed by atoms with Crippen LogP contribution < -0.4 is 5.32 Å². The zero-order valence-electron chi connectivity index (χ0n) is 13.2. The summed E-state index contributed by atoms with van der Waals surface area (Å²) >= 11 is 1.77. The molecule has 1 atom stereocenters. The number of aromatic nitrogens is 1. The summed E-state index contributed by atoms with van der Waals surface area (Å²) in [7, 11) is 0. The molecule has 1 aliphatic rings. The lowest BCUT2D eigenvalue weighted by molar-refractivity contribution is 0.183. The highest BCUT2D eigenvalue weighted by Gasteiger charge is 2.23. The van der Waals surface area contributed by atoms with Crippen molar-refractivity contribution in [2.45, 2.75) is 39.7 Å². The van der Waals surface area contributed by atoms with Gasteiger partial charge >= 0.3 is 0 Å². The first kappa shape index (κ1) is 14.8. The number of anilines is 1. The van der Waals surface area contributed by atoms with Crippen LogP contribution in [0.5, 0.6) is 0 Å². The normalized spacial score (nSPS) is 19.0. The van der Waals surface area contributed by atoms with Gasteiger partial charge in [0.15, 0.2) is 0 Å². The fraction of sp³-hybridized carbons (Fsp3) is 0.588. The Morgan fingerprint density at radius 2 is 2.14 bits per heavy atom. The van der Waals surface area contributed by atoms with Crippen LogP contribution in [0, 0.1) is 12.8 Å². The maximum Gasteiger partial charge on any atom is 0.0907 e. The lowest BCUT2D eigenvalue weighted by Crippen LogP contribution is -2.39. The second-order valence-electron chi connectivity index (χ2n) is 6.12. The molecule has 2 aromatic rings. The molecule has 1 saturated heterocycles. The predicted octanol–water partition coefficient (Wildman–Crippen LogP) is 4.14. The Bertz CT molecular complexity index is 599. The summed E-state index contributed by atoms with van der Waals surface area (Å²) in [6.45, 7) is 10.3. The van der Waals surface area contributed by atoms with Gasteiger partial charge in [0.2, 0.25) is 0 Å². The van der Waals surface area contributed by atoms with E-state index in [-0.39, 0.29) is 0 Å². The quantitative estimate of drug-likeness (QED) is 0.920. The minimum atomic E-state index is 0.537. The van der Waals surface area contributed by atoms with Crippen LogP contribution in [0.25, 0.3) is 10.2 Å². The maximum atomic E-state index is 4.53. The van der Waals surface area contributed by atoms with Gasteiger partial charge in [-0.05, 0) is 70.4 Å². The molecule has 3 nitrogen and oxygen atoms in total. The van der Waals surface area contributed by atoms with Crippen LogP contribution >= 0.6 is 11.3 Å². The Morgan fingerprint density at radius 3 is 2.86 bits per heavy atom. The lowest BCUT2D eigenvalue weighted by atomic mass is 9.90.